The largest absolute Gasteiger partial charge is 0.494 e. The van der Waals surface area contributed by atoms with Crippen molar-refractivity contribution < 1.29 is 4.74 Å². The van der Waals surface area contributed by atoms with Crippen molar-refractivity contribution in [3.8, 4) is 5.75 Å². The van der Waals surface area contributed by atoms with Gasteiger partial charge in [-0.05, 0) is 63.4 Å². The average Bonchev–Trinajstić information content (AvgIpc) is 3.10. The Kier molecular flexibility index (Phi) is 4.58. The van der Waals surface area contributed by atoms with Gasteiger partial charge in [0.25, 0.3) is 0 Å². The van der Waals surface area contributed by atoms with Crippen molar-refractivity contribution >= 4 is 0 Å². The number of benzene rings is 1. The molecule has 3 rings (SSSR count). The van der Waals surface area contributed by atoms with Gasteiger partial charge >= 0.3 is 0 Å². The van der Waals surface area contributed by atoms with E-state index in [1.54, 1.807) is 0 Å². The molecule has 2 saturated heterocycles. The van der Waals surface area contributed by atoms with Gasteiger partial charge in [0.15, 0.2) is 0 Å². The zero-order valence-electron chi connectivity index (χ0n) is 12.5. The van der Waals surface area contributed by atoms with Crippen LogP contribution in [0.5, 0.6) is 5.75 Å². The van der Waals surface area contributed by atoms with E-state index in [4.69, 9.17) is 4.74 Å². The van der Waals surface area contributed by atoms with Crippen LogP contribution >= 0.6 is 0 Å². The second kappa shape index (κ2) is 6.59. The minimum atomic E-state index is 0.715. The summed E-state index contributed by atoms with van der Waals surface area (Å²) in [6.07, 6.45) is 5.38. The van der Waals surface area contributed by atoms with Crippen LogP contribution in [0.3, 0.4) is 0 Å². The van der Waals surface area contributed by atoms with Crippen molar-refractivity contribution in [2.24, 2.45) is 0 Å². The monoisotopic (exact) mass is 274 g/mol. The van der Waals surface area contributed by atoms with E-state index < -0.39 is 0 Å². The van der Waals surface area contributed by atoms with Crippen LogP contribution in [0.2, 0.25) is 0 Å². The highest BCUT2D eigenvalue weighted by Gasteiger charge is 2.32. The summed E-state index contributed by atoms with van der Waals surface area (Å²) < 4.78 is 5.61. The van der Waals surface area contributed by atoms with Crippen LogP contribution in [0.1, 0.15) is 38.2 Å². The van der Waals surface area contributed by atoms with E-state index in [2.05, 4.69) is 28.4 Å². The third-order valence-corrected chi connectivity index (χ3v) is 4.57. The predicted octanol–water partition coefficient (Wildman–Crippen LogP) is 2.80. The number of nitrogens with zero attached hydrogens (tertiary/aromatic N) is 1. The first kappa shape index (κ1) is 13.9. The Bertz CT molecular complexity index is 429. The molecule has 0 bridgehead atoms. The Morgan fingerprint density at radius 3 is 3.05 bits per heavy atom. The van der Waals surface area contributed by atoms with E-state index in [0.717, 1.165) is 24.9 Å². The van der Waals surface area contributed by atoms with E-state index in [1.165, 1.54) is 44.3 Å². The molecule has 0 radical (unpaired) electrons. The van der Waals surface area contributed by atoms with Crippen LogP contribution in [0, 0.1) is 0 Å². The summed E-state index contributed by atoms with van der Waals surface area (Å²) in [7, 11) is 0. The van der Waals surface area contributed by atoms with Crippen LogP contribution in [0.25, 0.3) is 0 Å². The summed E-state index contributed by atoms with van der Waals surface area (Å²) in [4.78, 5) is 2.66. The fraction of sp³-hybridized carbons (Fsp3) is 0.647. The van der Waals surface area contributed by atoms with Crippen molar-refractivity contribution in [1.82, 2.24) is 10.2 Å². The Morgan fingerprint density at radius 1 is 1.30 bits per heavy atom. The van der Waals surface area contributed by atoms with Crippen LogP contribution in [-0.2, 0) is 6.54 Å². The SMILES string of the molecule is CCOc1cccc(CN2CCCC2C2CCCN2)c1. The maximum absolute atomic E-state index is 5.61. The fourth-order valence-corrected chi connectivity index (χ4v) is 3.68. The molecule has 2 atom stereocenters. The first-order chi connectivity index (χ1) is 9.86. The lowest BCUT2D eigenvalue weighted by atomic mass is 10.0. The van der Waals surface area contributed by atoms with Gasteiger partial charge in [0, 0.05) is 18.6 Å². The summed E-state index contributed by atoms with van der Waals surface area (Å²) >= 11 is 0. The van der Waals surface area contributed by atoms with Gasteiger partial charge < -0.3 is 10.1 Å². The molecule has 0 amide bonds. The smallest absolute Gasteiger partial charge is 0.119 e. The molecular weight excluding hydrogens is 248 g/mol. The van der Waals surface area contributed by atoms with Gasteiger partial charge in [-0.25, -0.2) is 0 Å². The highest BCUT2D eigenvalue weighted by Crippen LogP contribution is 2.27. The Balaban J connectivity index is 1.65. The van der Waals surface area contributed by atoms with Crippen LogP contribution in [0.4, 0.5) is 0 Å². The number of hydrogen-bond donors (Lipinski definition) is 1. The van der Waals surface area contributed by atoms with Gasteiger partial charge in [0.2, 0.25) is 0 Å². The van der Waals surface area contributed by atoms with Crippen LogP contribution < -0.4 is 10.1 Å². The first-order valence-electron chi connectivity index (χ1n) is 8.06. The third kappa shape index (κ3) is 3.15. The van der Waals surface area contributed by atoms with Gasteiger partial charge in [-0.3, -0.25) is 4.90 Å². The maximum Gasteiger partial charge on any atom is 0.119 e. The van der Waals surface area contributed by atoms with E-state index in [1.807, 2.05) is 13.0 Å². The Morgan fingerprint density at radius 2 is 2.25 bits per heavy atom. The Labute approximate surface area is 122 Å². The van der Waals surface area contributed by atoms with Crippen LogP contribution in [-0.4, -0.2) is 36.7 Å². The molecule has 0 aliphatic carbocycles. The molecule has 0 spiro atoms. The van der Waals surface area contributed by atoms with E-state index >= 15 is 0 Å². The average molecular weight is 274 g/mol. The van der Waals surface area contributed by atoms with Gasteiger partial charge in [0.05, 0.1) is 6.61 Å². The van der Waals surface area contributed by atoms with E-state index in [-0.39, 0.29) is 0 Å². The Hall–Kier alpha value is -1.06. The number of nitrogens with one attached hydrogen (secondary N) is 1. The third-order valence-electron chi connectivity index (χ3n) is 4.57. The lowest BCUT2D eigenvalue weighted by molar-refractivity contribution is 0.206. The standard InChI is InChI=1S/C17H26N2O/c1-2-20-15-7-3-6-14(12-15)13-19-11-5-9-17(19)16-8-4-10-18-16/h3,6-7,12,16-18H,2,4-5,8-11,13H2,1H3. The normalized spacial score (nSPS) is 27.1. The summed E-state index contributed by atoms with van der Waals surface area (Å²) in [5.41, 5.74) is 1.38. The molecule has 2 aliphatic heterocycles. The number of rotatable bonds is 5. The molecule has 2 unspecified atom stereocenters. The van der Waals surface area contributed by atoms with Crippen molar-refractivity contribution in [1.29, 1.82) is 0 Å². The molecule has 0 aromatic heterocycles. The summed E-state index contributed by atoms with van der Waals surface area (Å²) in [6, 6.07) is 10.0. The second-order valence-electron chi connectivity index (χ2n) is 5.96. The van der Waals surface area contributed by atoms with E-state index in [9.17, 15) is 0 Å². The van der Waals surface area contributed by atoms with E-state index in [0.29, 0.717) is 6.04 Å². The molecule has 1 aromatic rings. The molecule has 110 valence electrons. The fourth-order valence-electron chi connectivity index (χ4n) is 3.68. The molecule has 3 heteroatoms. The highest BCUT2D eigenvalue weighted by atomic mass is 16.5. The number of hydrogen-bond acceptors (Lipinski definition) is 3. The molecule has 2 aliphatic rings. The summed E-state index contributed by atoms with van der Waals surface area (Å²) in [6.45, 7) is 6.27. The van der Waals surface area contributed by atoms with Crippen molar-refractivity contribution in [2.75, 3.05) is 19.7 Å². The summed E-state index contributed by atoms with van der Waals surface area (Å²) in [5, 5.41) is 3.68. The first-order valence-corrected chi connectivity index (χ1v) is 8.06. The topological polar surface area (TPSA) is 24.5 Å². The summed E-state index contributed by atoms with van der Waals surface area (Å²) in [5.74, 6) is 1.000. The molecule has 1 aromatic carbocycles. The van der Waals surface area contributed by atoms with Crippen molar-refractivity contribution in [3.63, 3.8) is 0 Å². The minimum absolute atomic E-state index is 0.715. The lowest BCUT2D eigenvalue weighted by Crippen LogP contribution is -2.43. The second-order valence-corrected chi connectivity index (χ2v) is 5.96. The molecule has 0 saturated carbocycles. The van der Waals surface area contributed by atoms with Gasteiger partial charge in [-0.15, -0.1) is 0 Å². The quantitative estimate of drug-likeness (QED) is 0.893. The molecule has 2 fully saturated rings. The lowest BCUT2D eigenvalue weighted by Gasteiger charge is -2.29. The van der Waals surface area contributed by atoms with Crippen LogP contribution in [0.15, 0.2) is 24.3 Å². The highest BCUT2D eigenvalue weighted by molar-refractivity contribution is 5.28. The molecule has 3 nitrogen and oxygen atoms in total. The van der Waals surface area contributed by atoms with Crippen molar-refractivity contribution in [2.45, 2.75) is 51.2 Å². The van der Waals surface area contributed by atoms with Gasteiger partial charge in [-0.2, -0.15) is 0 Å². The number of likely N-dealkylation sites (tertiary alicyclic amines) is 1. The molecular formula is C17H26N2O. The maximum atomic E-state index is 5.61. The molecule has 2 heterocycles. The van der Waals surface area contributed by atoms with Gasteiger partial charge in [-0.1, -0.05) is 12.1 Å². The number of ether oxygens (including phenoxy) is 1. The zero-order chi connectivity index (χ0) is 13.8. The molecule has 1 N–H and O–H groups in total. The van der Waals surface area contributed by atoms with Gasteiger partial charge in [0.1, 0.15) is 5.75 Å². The molecule has 20 heavy (non-hydrogen) atoms. The predicted molar refractivity (Wildman–Crippen MR) is 82.1 cm³/mol. The van der Waals surface area contributed by atoms with Crippen molar-refractivity contribution in [3.05, 3.63) is 29.8 Å². The minimum Gasteiger partial charge on any atom is -0.494 e. The zero-order valence-corrected chi connectivity index (χ0v) is 12.5.